The Kier molecular flexibility index (Phi) is 5.12. The van der Waals surface area contributed by atoms with Crippen LogP contribution in [0.2, 0.25) is 0 Å². The van der Waals surface area contributed by atoms with Crippen LogP contribution >= 0.6 is 0 Å². The molecule has 4 nitrogen and oxygen atoms in total. The number of hydrogen-bond donors (Lipinski definition) is 1. The first-order valence-corrected chi connectivity index (χ1v) is 7.82. The molecule has 0 aliphatic rings. The van der Waals surface area contributed by atoms with Crippen LogP contribution in [0, 0.1) is 12.3 Å². The van der Waals surface area contributed by atoms with Gasteiger partial charge in [-0.3, -0.25) is 0 Å². The van der Waals surface area contributed by atoms with E-state index in [2.05, 4.69) is 9.62 Å². The molecule has 0 saturated carbocycles. The van der Waals surface area contributed by atoms with E-state index in [1.807, 2.05) is 34.9 Å². The van der Waals surface area contributed by atoms with E-state index in [9.17, 15) is 8.42 Å². The quantitative estimate of drug-likeness (QED) is 0.867. The van der Waals surface area contributed by atoms with E-state index in [1.54, 1.807) is 24.3 Å². The van der Waals surface area contributed by atoms with Crippen LogP contribution in [0.1, 0.15) is 19.4 Å². The van der Waals surface area contributed by atoms with Crippen LogP contribution in [0.4, 0.5) is 0 Å². The van der Waals surface area contributed by atoms with E-state index in [4.69, 9.17) is 0 Å². The van der Waals surface area contributed by atoms with Crippen LogP contribution in [0.3, 0.4) is 0 Å². The molecule has 0 aliphatic carbocycles. The van der Waals surface area contributed by atoms with Crippen molar-refractivity contribution in [3.63, 3.8) is 0 Å². The number of nitrogens with one attached hydrogen (secondary N) is 1. The van der Waals surface area contributed by atoms with Gasteiger partial charge >= 0.3 is 0 Å². The fourth-order valence-corrected chi connectivity index (χ4v) is 3.24. The molecule has 0 heterocycles. The predicted octanol–water partition coefficient (Wildman–Crippen LogP) is 1.86. The Labute approximate surface area is 116 Å². The van der Waals surface area contributed by atoms with Crippen molar-refractivity contribution in [3.05, 3.63) is 29.8 Å². The normalized spacial score (nSPS) is 12.9. The Bertz CT molecular complexity index is 505. The molecule has 0 aliphatic heterocycles. The van der Waals surface area contributed by atoms with Gasteiger partial charge < -0.3 is 4.90 Å². The smallest absolute Gasteiger partial charge is 0.240 e. The first-order chi connectivity index (χ1) is 8.62. The molecule has 108 valence electrons. The average Bonchev–Trinajstić information content (AvgIpc) is 2.26. The molecule has 0 saturated heterocycles. The van der Waals surface area contributed by atoms with Crippen molar-refractivity contribution in [1.29, 1.82) is 0 Å². The third-order valence-electron chi connectivity index (χ3n) is 2.82. The van der Waals surface area contributed by atoms with E-state index in [0.29, 0.717) is 11.4 Å². The van der Waals surface area contributed by atoms with Gasteiger partial charge in [0.25, 0.3) is 0 Å². The molecule has 0 amide bonds. The lowest BCUT2D eigenvalue weighted by Gasteiger charge is -2.28. The number of rotatable bonds is 6. The van der Waals surface area contributed by atoms with Crippen LogP contribution < -0.4 is 4.72 Å². The predicted molar refractivity (Wildman–Crippen MR) is 78.7 cm³/mol. The van der Waals surface area contributed by atoms with E-state index >= 15 is 0 Å². The maximum Gasteiger partial charge on any atom is 0.240 e. The van der Waals surface area contributed by atoms with Gasteiger partial charge in [0.05, 0.1) is 4.90 Å². The summed E-state index contributed by atoms with van der Waals surface area (Å²) < 4.78 is 27.0. The highest BCUT2D eigenvalue weighted by atomic mass is 32.2. The molecule has 1 aromatic carbocycles. The van der Waals surface area contributed by atoms with E-state index < -0.39 is 10.0 Å². The fourth-order valence-electron chi connectivity index (χ4n) is 2.00. The van der Waals surface area contributed by atoms with Crippen molar-refractivity contribution in [2.24, 2.45) is 5.41 Å². The van der Waals surface area contributed by atoms with Gasteiger partial charge in [0.2, 0.25) is 10.0 Å². The number of hydrogen-bond acceptors (Lipinski definition) is 3. The lowest BCUT2D eigenvalue weighted by atomic mass is 9.93. The monoisotopic (exact) mass is 284 g/mol. The minimum absolute atomic E-state index is 0.110. The average molecular weight is 284 g/mol. The van der Waals surface area contributed by atoms with Crippen molar-refractivity contribution < 1.29 is 8.42 Å². The highest BCUT2D eigenvalue weighted by Gasteiger charge is 2.22. The minimum atomic E-state index is -3.41. The summed E-state index contributed by atoms with van der Waals surface area (Å²) >= 11 is 0. The molecule has 1 aromatic rings. The first kappa shape index (κ1) is 16.1. The third kappa shape index (κ3) is 5.30. The molecule has 1 rings (SSSR count). The Morgan fingerprint density at radius 3 is 2.16 bits per heavy atom. The van der Waals surface area contributed by atoms with Gasteiger partial charge in [-0.25, -0.2) is 13.1 Å². The standard InChI is InChI=1S/C14H24N2O2S/c1-12-6-8-13(9-7-12)19(17,18)15-10-14(2,3)11-16(4)5/h6-9,15H,10-11H2,1-5H3. The molecule has 0 fully saturated rings. The molecule has 0 radical (unpaired) electrons. The van der Waals surface area contributed by atoms with Crippen LogP contribution in [-0.2, 0) is 10.0 Å². The Morgan fingerprint density at radius 2 is 1.68 bits per heavy atom. The zero-order valence-electron chi connectivity index (χ0n) is 12.4. The number of sulfonamides is 1. The molecule has 1 N–H and O–H groups in total. The molecule has 19 heavy (non-hydrogen) atoms. The van der Waals surface area contributed by atoms with E-state index in [1.165, 1.54) is 0 Å². The largest absolute Gasteiger partial charge is 0.309 e. The second-order valence-electron chi connectivity index (χ2n) is 6.04. The van der Waals surface area contributed by atoms with Crippen molar-refractivity contribution >= 4 is 10.0 Å². The summed E-state index contributed by atoms with van der Waals surface area (Å²) in [7, 11) is 0.550. The van der Waals surface area contributed by atoms with Gasteiger partial charge in [0.1, 0.15) is 0 Å². The minimum Gasteiger partial charge on any atom is -0.309 e. The third-order valence-corrected chi connectivity index (χ3v) is 4.23. The van der Waals surface area contributed by atoms with Gasteiger partial charge in [0.15, 0.2) is 0 Å². The zero-order valence-corrected chi connectivity index (χ0v) is 13.2. The van der Waals surface area contributed by atoms with Gasteiger partial charge in [0, 0.05) is 13.1 Å². The topological polar surface area (TPSA) is 49.4 Å². The molecular formula is C14H24N2O2S. The van der Waals surface area contributed by atoms with Crippen LogP contribution in [-0.4, -0.2) is 40.5 Å². The fraction of sp³-hybridized carbons (Fsp3) is 0.571. The summed E-state index contributed by atoms with van der Waals surface area (Å²) in [5.74, 6) is 0. The highest BCUT2D eigenvalue weighted by molar-refractivity contribution is 7.89. The van der Waals surface area contributed by atoms with Crippen LogP contribution in [0.15, 0.2) is 29.2 Å². The SMILES string of the molecule is Cc1ccc(S(=O)(=O)NCC(C)(C)CN(C)C)cc1. The maximum absolute atomic E-state index is 12.2. The van der Waals surface area contributed by atoms with Gasteiger partial charge in [-0.1, -0.05) is 31.5 Å². The lowest BCUT2D eigenvalue weighted by Crippen LogP contribution is -2.39. The van der Waals surface area contributed by atoms with E-state index in [-0.39, 0.29) is 5.41 Å². The van der Waals surface area contributed by atoms with Gasteiger partial charge in [-0.2, -0.15) is 0 Å². The van der Waals surface area contributed by atoms with Crippen molar-refractivity contribution in [2.45, 2.75) is 25.7 Å². The number of benzene rings is 1. The summed E-state index contributed by atoms with van der Waals surface area (Å²) in [4.78, 5) is 2.37. The number of aryl methyl sites for hydroxylation is 1. The van der Waals surface area contributed by atoms with Crippen LogP contribution in [0.5, 0.6) is 0 Å². The first-order valence-electron chi connectivity index (χ1n) is 6.33. The summed E-state index contributed by atoms with van der Waals surface area (Å²) in [6.45, 7) is 7.27. The number of nitrogens with zero attached hydrogens (tertiary/aromatic N) is 1. The maximum atomic E-state index is 12.2. The van der Waals surface area contributed by atoms with Gasteiger partial charge in [-0.15, -0.1) is 0 Å². The molecule has 5 heteroatoms. The molecule has 0 aromatic heterocycles. The van der Waals surface area contributed by atoms with Gasteiger partial charge in [-0.05, 0) is 38.6 Å². The molecular weight excluding hydrogens is 260 g/mol. The zero-order chi connectivity index (χ0) is 14.7. The summed E-state index contributed by atoms with van der Waals surface area (Å²) in [5.41, 5.74) is 0.938. The molecule has 0 bridgehead atoms. The van der Waals surface area contributed by atoms with E-state index in [0.717, 1.165) is 12.1 Å². The second-order valence-corrected chi connectivity index (χ2v) is 7.81. The summed E-state index contributed by atoms with van der Waals surface area (Å²) in [5, 5.41) is 0. The Hall–Kier alpha value is -0.910. The Morgan fingerprint density at radius 1 is 1.16 bits per heavy atom. The van der Waals surface area contributed by atoms with Crippen LogP contribution in [0.25, 0.3) is 0 Å². The second kappa shape index (κ2) is 6.03. The van der Waals surface area contributed by atoms with Crippen molar-refractivity contribution in [2.75, 3.05) is 27.2 Å². The van der Waals surface area contributed by atoms with Crippen molar-refractivity contribution in [3.8, 4) is 0 Å². The lowest BCUT2D eigenvalue weighted by molar-refractivity contribution is 0.242. The molecule has 0 unspecified atom stereocenters. The summed E-state index contributed by atoms with van der Waals surface area (Å²) in [6, 6.07) is 6.88. The highest BCUT2D eigenvalue weighted by Crippen LogP contribution is 2.16. The molecule has 0 spiro atoms. The van der Waals surface area contributed by atoms with Crippen molar-refractivity contribution in [1.82, 2.24) is 9.62 Å². The molecule has 0 atom stereocenters. The Balaban J connectivity index is 2.73. The summed E-state index contributed by atoms with van der Waals surface area (Å²) in [6.07, 6.45) is 0.